The molecule has 5 nitrogen and oxygen atoms in total. The van der Waals surface area contributed by atoms with Crippen molar-refractivity contribution in [3.63, 3.8) is 0 Å². The first kappa shape index (κ1) is 15.6. The van der Waals surface area contributed by atoms with Gasteiger partial charge in [0.15, 0.2) is 0 Å². The van der Waals surface area contributed by atoms with E-state index in [2.05, 4.69) is 4.98 Å². The van der Waals surface area contributed by atoms with E-state index in [4.69, 9.17) is 9.47 Å². The van der Waals surface area contributed by atoms with E-state index in [1.807, 2.05) is 20.8 Å². The molecule has 0 aliphatic heterocycles. The van der Waals surface area contributed by atoms with Crippen LogP contribution in [0.5, 0.6) is 0 Å². The molecule has 0 aliphatic rings. The fraction of sp³-hybridized carbons (Fsp3) is 0.615. The quantitative estimate of drug-likeness (QED) is 0.775. The molecule has 1 aromatic heterocycles. The third kappa shape index (κ3) is 6.33. The van der Waals surface area contributed by atoms with E-state index >= 15 is 0 Å². The van der Waals surface area contributed by atoms with Crippen molar-refractivity contribution in [2.24, 2.45) is 0 Å². The van der Waals surface area contributed by atoms with Crippen LogP contribution in [0.1, 0.15) is 38.4 Å². The Balaban J connectivity index is 2.51. The minimum Gasteiger partial charge on any atom is -0.466 e. The molecule has 0 unspecified atom stereocenters. The minimum absolute atomic E-state index is 0.130. The maximum absolute atomic E-state index is 11.6. The van der Waals surface area contributed by atoms with Crippen LogP contribution < -0.4 is 0 Å². The fourth-order valence-electron chi connectivity index (χ4n) is 1.37. The summed E-state index contributed by atoms with van der Waals surface area (Å²) in [6.45, 7) is 7.57. The molecule has 0 spiro atoms. The molecule has 0 saturated carbocycles. The Morgan fingerprint density at radius 2 is 1.95 bits per heavy atom. The van der Waals surface area contributed by atoms with Crippen LogP contribution in [0.2, 0.25) is 0 Å². The lowest BCUT2D eigenvalue weighted by atomic mass is 10.2. The highest BCUT2D eigenvalue weighted by Crippen LogP contribution is 2.14. The van der Waals surface area contributed by atoms with Gasteiger partial charge in [-0.15, -0.1) is 11.3 Å². The van der Waals surface area contributed by atoms with Crippen LogP contribution in [0.4, 0.5) is 0 Å². The Labute approximate surface area is 116 Å². The van der Waals surface area contributed by atoms with E-state index < -0.39 is 5.60 Å². The summed E-state index contributed by atoms with van der Waals surface area (Å²) < 4.78 is 10.0. The summed E-state index contributed by atoms with van der Waals surface area (Å²) in [5.41, 5.74) is 0.129. The summed E-state index contributed by atoms with van der Waals surface area (Å²) in [5.74, 6) is -0.624. The summed E-state index contributed by atoms with van der Waals surface area (Å²) in [4.78, 5) is 27.1. The topological polar surface area (TPSA) is 65.5 Å². The molecular weight excluding hydrogens is 266 g/mol. The summed E-state index contributed by atoms with van der Waals surface area (Å²) in [5, 5.41) is 2.41. The number of thiazole rings is 1. The largest absolute Gasteiger partial charge is 0.466 e. The van der Waals surface area contributed by atoms with E-state index in [0.29, 0.717) is 17.3 Å². The maximum atomic E-state index is 11.6. The molecular formula is C13H19NO4S. The van der Waals surface area contributed by atoms with Crippen LogP contribution >= 0.6 is 11.3 Å². The van der Waals surface area contributed by atoms with E-state index in [1.165, 1.54) is 11.3 Å². The highest BCUT2D eigenvalue weighted by molar-refractivity contribution is 7.09. The smallest absolute Gasteiger partial charge is 0.313 e. The van der Waals surface area contributed by atoms with Gasteiger partial charge >= 0.3 is 11.9 Å². The van der Waals surface area contributed by atoms with Crippen LogP contribution in [-0.2, 0) is 31.9 Å². The highest BCUT2D eigenvalue weighted by atomic mass is 32.1. The molecule has 0 aliphatic carbocycles. The molecule has 0 radical (unpaired) electrons. The number of aromatic nitrogens is 1. The number of rotatable bonds is 5. The molecule has 0 amide bonds. The lowest BCUT2D eigenvalue weighted by Gasteiger charge is -2.18. The Morgan fingerprint density at radius 1 is 1.26 bits per heavy atom. The van der Waals surface area contributed by atoms with Crippen molar-refractivity contribution < 1.29 is 19.1 Å². The molecule has 0 atom stereocenters. The lowest BCUT2D eigenvalue weighted by Crippen LogP contribution is -2.24. The number of nitrogens with zero attached hydrogens (tertiary/aromatic N) is 1. The molecule has 0 aromatic carbocycles. The Hall–Kier alpha value is -1.43. The van der Waals surface area contributed by atoms with Crippen molar-refractivity contribution in [3.8, 4) is 0 Å². The second-order valence-corrected chi connectivity index (χ2v) is 5.92. The number of hydrogen-bond donors (Lipinski definition) is 0. The van der Waals surface area contributed by atoms with Crippen LogP contribution in [0.3, 0.4) is 0 Å². The molecule has 0 fully saturated rings. The first-order chi connectivity index (χ1) is 8.80. The molecule has 0 bridgehead atoms. The number of esters is 2. The number of hydrogen-bond acceptors (Lipinski definition) is 6. The normalized spacial score (nSPS) is 11.2. The third-order valence-electron chi connectivity index (χ3n) is 1.95. The molecule has 1 heterocycles. The van der Waals surface area contributed by atoms with Gasteiger partial charge in [0.2, 0.25) is 0 Å². The van der Waals surface area contributed by atoms with Crippen LogP contribution in [0.15, 0.2) is 5.38 Å². The van der Waals surface area contributed by atoms with Crippen LogP contribution in [-0.4, -0.2) is 29.1 Å². The Morgan fingerprint density at radius 3 is 2.53 bits per heavy atom. The van der Waals surface area contributed by atoms with Gasteiger partial charge in [-0.3, -0.25) is 9.59 Å². The number of ether oxygens (including phenoxy) is 2. The molecule has 6 heteroatoms. The van der Waals surface area contributed by atoms with E-state index in [0.717, 1.165) is 0 Å². The van der Waals surface area contributed by atoms with E-state index in [9.17, 15) is 9.59 Å². The van der Waals surface area contributed by atoms with Crippen molar-refractivity contribution in [2.75, 3.05) is 6.61 Å². The zero-order valence-electron chi connectivity index (χ0n) is 11.7. The van der Waals surface area contributed by atoms with E-state index in [-0.39, 0.29) is 24.8 Å². The van der Waals surface area contributed by atoms with Gasteiger partial charge in [0, 0.05) is 5.38 Å². The predicted molar refractivity (Wildman–Crippen MR) is 72.0 cm³/mol. The molecule has 106 valence electrons. The lowest BCUT2D eigenvalue weighted by molar-refractivity contribution is -0.153. The fourth-order valence-corrected chi connectivity index (χ4v) is 2.15. The zero-order valence-corrected chi connectivity index (χ0v) is 12.5. The third-order valence-corrected chi connectivity index (χ3v) is 2.84. The van der Waals surface area contributed by atoms with Crippen molar-refractivity contribution in [2.45, 2.75) is 46.1 Å². The number of carbonyl (C=O) groups is 2. The average Bonchev–Trinajstić information content (AvgIpc) is 2.62. The Kier molecular flexibility index (Phi) is 5.47. The summed E-state index contributed by atoms with van der Waals surface area (Å²) >= 11 is 1.34. The molecule has 0 N–H and O–H groups in total. The van der Waals surface area contributed by atoms with Crippen molar-refractivity contribution in [3.05, 3.63) is 16.1 Å². The monoisotopic (exact) mass is 285 g/mol. The second-order valence-electron chi connectivity index (χ2n) is 4.98. The van der Waals surface area contributed by atoms with Gasteiger partial charge in [-0.1, -0.05) is 0 Å². The highest BCUT2D eigenvalue weighted by Gasteiger charge is 2.18. The van der Waals surface area contributed by atoms with Gasteiger partial charge < -0.3 is 9.47 Å². The Bertz CT molecular complexity index is 448. The predicted octanol–water partition coefficient (Wildman–Crippen LogP) is 2.13. The maximum Gasteiger partial charge on any atom is 0.313 e. The van der Waals surface area contributed by atoms with Crippen molar-refractivity contribution in [1.29, 1.82) is 0 Å². The summed E-state index contributed by atoms with van der Waals surface area (Å²) in [6, 6.07) is 0. The van der Waals surface area contributed by atoms with Gasteiger partial charge in [-0.2, -0.15) is 0 Å². The number of carbonyl (C=O) groups excluding carboxylic acids is 2. The van der Waals surface area contributed by atoms with Gasteiger partial charge in [-0.25, -0.2) is 4.98 Å². The average molecular weight is 285 g/mol. The SMILES string of the molecule is CCOC(=O)Cc1csc(CC(=O)OC(C)(C)C)n1. The van der Waals surface area contributed by atoms with Gasteiger partial charge in [0.05, 0.1) is 25.1 Å². The van der Waals surface area contributed by atoms with Crippen LogP contribution in [0, 0.1) is 0 Å². The van der Waals surface area contributed by atoms with Gasteiger partial charge in [0.25, 0.3) is 0 Å². The zero-order chi connectivity index (χ0) is 14.5. The first-order valence-corrected chi connectivity index (χ1v) is 6.99. The summed E-state index contributed by atoms with van der Waals surface area (Å²) in [7, 11) is 0. The van der Waals surface area contributed by atoms with Gasteiger partial charge in [0.1, 0.15) is 10.6 Å². The summed E-state index contributed by atoms with van der Waals surface area (Å²) in [6.07, 6.45) is 0.267. The molecule has 0 saturated heterocycles. The minimum atomic E-state index is -0.498. The standard InChI is InChI=1S/C13H19NO4S/c1-5-17-11(15)6-9-8-19-10(14-9)7-12(16)18-13(2,3)4/h8H,5-7H2,1-4H3. The molecule has 19 heavy (non-hydrogen) atoms. The molecule has 1 aromatic rings. The second kappa shape index (κ2) is 6.65. The van der Waals surface area contributed by atoms with E-state index in [1.54, 1.807) is 12.3 Å². The van der Waals surface area contributed by atoms with Crippen molar-refractivity contribution >= 4 is 23.3 Å². The first-order valence-electron chi connectivity index (χ1n) is 6.11. The van der Waals surface area contributed by atoms with Crippen LogP contribution in [0.25, 0.3) is 0 Å². The van der Waals surface area contributed by atoms with Gasteiger partial charge in [-0.05, 0) is 27.7 Å². The van der Waals surface area contributed by atoms with Crippen molar-refractivity contribution in [1.82, 2.24) is 4.98 Å². The molecule has 1 rings (SSSR count).